The molecule has 0 spiro atoms. The summed E-state index contributed by atoms with van der Waals surface area (Å²) in [4.78, 5) is 25.0. The van der Waals surface area contributed by atoms with E-state index in [-0.39, 0.29) is 17.9 Å². The number of hydrogen-bond donors (Lipinski definition) is 3. The van der Waals surface area contributed by atoms with Crippen LogP contribution in [0.1, 0.15) is 50.1 Å². The van der Waals surface area contributed by atoms with Crippen LogP contribution < -0.4 is 16.0 Å². The van der Waals surface area contributed by atoms with E-state index in [0.29, 0.717) is 5.82 Å². The fourth-order valence-electron chi connectivity index (χ4n) is 3.53. The number of aromatic nitrogens is 2. The van der Waals surface area contributed by atoms with Crippen LogP contribution >= 0.6 is 0 Å². The van der Waals surface area contributed by atoms with Crippen molar-refractivity contribution in [1.29, 1.82) is 0 Å². The molecule has 3 amide bonds. The van der Waals surface area contributed by atoms with Crippen molar-refractivity contribution in [2.45, 2.75) is 53.4 Å². The van der Waals surface area contributed by atoms with Crippen molar-refractivity contribution in [2.24, 2.45) is 0 Å². The van der Waals surface area contributed by atoms with Crippen molar-refractivity contribution >= 4 is 23.4 Å². The van der Waals surface area contributed by atoms with Gasteiger partial charge in [0.15, 0.2) is 0 Å². The van der Waals surface area contributed by atoms with E-state index in [1.54, 1.807) is 4.68 Å². The molecule has 0 saturated carbocycles. The molecule has 174 valence electrons. The Labute approximate surface area is 195 Å². The van der Waals surface area contributed by atoms with Crippen molar-refractivity contribution in [3.8, 4) is 5.69 Å². The molecular formula is C26H33N5O2. The first kappa shape index (κ1) is 24.0. The summed E-state index contributed by atoms with van der Waals surface area (Å²) < 4.78 is 1.75. The van der Waals surface area contributed by atoms with Gasteiger partial charge < -0.3 is 16.0 Å². The van der Waals surface area contributed by atoms with Crippen LogP contribution in [0, 0.1) is 13.8 Å². The van der Waals surface area contributed by atoms with Gasteiger partial charge in [-0.15, -0.1) is 0 Å². The summed E-state index contributed by atoms with van der Waals surface area (Å²) in [6, 6.07) is 15.2. The van der Waals surface area contributed by atoms with Gasteiger partial charge in [-0.3, -0.25) is 4.79 Å². The molecule has 7 nitrogen and oxygen atoms in total. The Bertz CT molecular complexity index is 1160. The fraction of sp³-hybridized carbons (Fsp3) is 0.346. The third-order valence-corrected chi connectivity index (χ3v) is 5.38. The monoisotopic (exact) mass is 447 g/mol. The summed E-state index contributed by atoms with van der Waals surface area (Å²) in [7, 11) is 0. The van der Waals surface area contributed by atoms with Gasteiger partial charge >= 0.3 is 6.03 Å². The summed E-state index contributed by atoms with van der Waals surface area (Å²) >= 11 is 0. The van der Waals surface area contributed by atoms with Gasteiger partial charge in [-0.05, 0) is 43.5 Å². The number of amides is 3. The average Bonchev–Trinajstić information content (AvgIpc) is 3.16. The standard InChI is InChI=1S/C26H33N5O2/c1-7-19-10-8-9-11-20(19)28-25(33)27-16-24(32)29-23-15-22(26(4,5)6)30-31(23)21-13-12-17(2)14-18(21)3/h8-15H,7,16H2,1-6H3,(H,29,32)(H2,27,28,33). The van der Waals surface area contributed by atoms with E-state index in [1.165, 1.54) is 0 Å². The summed E-state index contributed by atoms with van der Waals surface area (Å²) in [6.45, 7) is 12.2. The molecule has 2 aromatic carbocycles. The van der Waals surface area contributed by atoms with Gasteiger partial charge in [0.25, 0.3) is 0 Å². The number of urea groups is 1. The normalized spacial score (nSPS) is 11.2. The Morgan fingerprint density at radius 3 is 2.39 bits per heavy atom. The second-order valence-corrected chi connectivity index (χ2v) is 9.23. The molecule has 0 bridgehead atoms. The van der Waals surface area contributed by atoms with E-state index < -0.39 is 6.03 Å². The molecule has 0 saturated heterocycles. The molecule has 3 aromatic rings. The lowest BCUT2D eigenvalue weighted by Crippen LogP contribution is -2.36. The maximum absolute atomic E-state index is 12.7. The minimum Gasteiger partial charge on any atom is -0.329 e. The van der Waals surface area contributed by atoms with E-state index in [9.17, 15) is 9.59 Å². The quantitative estimate of drug-likeness (QED) is 0.491. The Morgan fingerprint density at radius 1 is 1.00 bits per heavy atom. The summed E-state index contributed by atoms with van der Waals surface area (Å²) in [5.74, 6) is 0.232. The first-order valence-corrected chi connectivity index (χ1v) is 11.2. The Balaban J connectivity index is 1.73. The number of carbonyl (C=O) groups is 2. The smallest absolute Gasteiger partial charge is 0.319 e. The largest absolute Gasteiger partial charge is 0.329 e. The van der Waals surface area contributed by atoms with Crippen molar-refractivity contribution < 1.29 is 9.59 Å². The second kappa shape index (κ2) is 9.90. The van der Waals surface area contributed by atoms with Crippen LogP contribution in [0.5, 0.6) is 0 Å². The highest BCUT2D eigenvalue weighted by Gasteiger charge is 2.22. The van der Waals surface area contributed by atoms with Crippen LogP contribution in [-0.2, 0) is 16.6 Å². The molecule has 1 heterocycles. The van der Waals surface area contributed by atoms with E-state index in [1.807, 2.05) is 63.2 Å². The van der Waals surface area contributed by atoms with Gasteiger partial charge in [0, 0.05) is 17.2 Å². The zero-order valence-corrected chi connectivity index (χ0v) is 20.2. The maximum atomic E-state index is 12.7. The fourth-order valence-corrected chi connectivity index (χ4v) is 3.53. The molecule has 0 aliphatic rings. The first-order chi connectivity index (χ1) is 15.6. The molecule has 0 radical (unpaired) electrons. The molecule has 0 aliphatic carbocycles. The van der Waals surface area contributed by atoms with Crippen molar-refractivity contribution in [3.05, 3.63) is 70.9 Å². The number of anilines is 2. The van der Waals surface area contributed by atoms with Crippen LogP contribution in [-0.4, -0.2) is 28.3 Å². The Morgan fingerprint density at radius 2 is 1.73 bits per heavy atom. The van der Waals surface area contributed by atoms with Gasteiger partial charge in [0.2, 0.25) is 5.91 Å². The predicted molar refractivity (Wildman–Crippen MR) is 133 cm³/mol. The van der Waals surface area contributed by atoms with Crippen molar-refractivity contribution in [1.82, 2.24) is 15.1 Å². The highest BCUT2D eigenvalue weighted by molar-refractivity contribution is 5.97. The lowest BCUT2D eigenvalue weighted by atomic mass is 9.92. The second-order valence-electron chi connectivity index (χ2n) is 9.23. The van der Waals surface area contributed by atoms with E-state index in [4.69, 9.17) is 5.10 Å². The molecule has 0 fully saturated rings. The number of nitrogens with zero attached hydrogens (tertiary/aromatic N) is 2. The molecule has 0 atom stereocenters. The SMILES string of the molecule is CCc1ccccc1NC(=O)NCC(=O)Nc1cc(C(C)(C)C)nn1-c1ccc(C)cc1C. The molecule has 7 heteroatoms. The number of rotatable bonds is 6. The van der Waals surface area contributed by atoms with Gasteiger partial charge in [-0.2, -0.15) is 5.10 Å². The minimum absolute atomic E-state index is 0.164. The van der Waals surface area contributed by atoms with Crippen LogP contribution in [0.2, 0.25) is 0 Å². The van der Waals surface area contributed by atoms with Gasteiger partial charge in [-0.1, -0.05) is 63.6 Å². The predicted octanol–water partition coefficient (Wildman–Crippen LogP) is 5.11. The van der Waals surface area contributed by atoms with Crippen LogP contribution in [0.25, 0.3) is 5.69 Å². The maximum Gasteiger partial charge on any atom is 0.319 e. The number of para-hydroxylation sites is 1. The number of aryl methyl sites for hydroxylation is 3. The molecule has 0 unspecified atom stereocenters. The van der Waals surface area contributed by atoms with Gasteiger partial charge in [-0.25, -0.2) is 9.48 Å². The van der Waals surface area contributed by atoms with E-state index in [0.717, 1.165) is 40.2 Å². The molecule has 3 rings (SSSR count). The third-order valence-electron chi connectivity index (χ3n) is 5.38. The molecule has 3 N–H and O–H groups in total. The minimum atomic E-state index is -0.427. The van der Waals surface area contributed by atoms with Crippen LogP contribution in [0.4, 0.5) is 16.3 Å². The van der Waals surface area contributed by atoms with Gasteiger partial charge in [0.05, 0.1) is 17.9 Å². The number of hydrogen-bond acceptors (Lipinski definition) is 3. The van der Waals surface area contributed by atoms with Gasteiger partial charge in [0.1, 0.15) is 5.82 Å². The Hall–Kier alpha value is -3.61. The zero-order valence-electron chi connectivity index (χ0n) is 20.2. The molecule has 33 heavy (non-hydrogen) atoms. The number of benzene rings is 2. The zero-order chi connectivity index (χ0) is 24.2. The third kappa shape index (κ3) is 6.00. The lowest BCUT2D eigenvalue weighted by molar-refractivity contribution is -0.115. The van der Waals surface area contributed by atoms with Crippen molar-refractivity contribution in [3.63, 3.8) is 0 Å². The average molecular weight is 448 g/mol. The molecule has 0 aliphatic heterocycles. The highest BCUT2D eigenvalue weighted by Crippen LogP contribution is 2.27. The van der Waals surface area contributed by atoms with E-state index >= 15 is 0 Å². The number of carbonyl (C=O) groups excluding carboxylic acids is 2. The molecule has 1 aromatic heterocycles. The summed E-state index contributed by atoms with van der Waals surface area (Å²) in [6.07, 6.45) is 0.801. The summed E-state index contributed by atoms with van der Waals surface area (Å²) in [5.41, 5.74) is 5.55. The lowest BCUT2D eigenvalue weighted by Gasteiger charge is -2.14. The first-order valence-electron chi connectivity index (χ1n) is 11.2. The number of nitrogens with one attached hydrogen (secondary N) is 3. The van der Waals surface area contributed by atoms with Crippen LogP contribution in [0.3, 0.4) is 0 Å². The molecular weight excluding hydrogens is 414 g/mol. The van der Waals surface area contributed by atoms with Crippen molar-refractivity contribution in [2.75, 3.05) is 17.2 Å². The van der Waals surface area contributed by atoms with Crippen LogP contribution in [0.15, 0.2) is 48.5 Å². The van der Waals surface area contributed by atoms with E-state index in [2.05, 4.69) is 42.8 Å². The highest BCUT2D eigenvalue weighted by atomic mass is 16.2. The Kier molecular flexibility index (Phi) is 7.21. The topological polar surface area (TPSA) is 88.1 Å². The summed E-state index contributed by atoms with van der Waals surface area (Å²) in [5, 5.41) is 13.1.